The Balaban J connectivity index is 2.85. The van der Waals surface area contributed by atoms with E-state index in [9.17, 15) is 0 Å². The van der Waals surface area contributed by atoms with Gasteiger partial charge in [-0.25, -0.2) is 0 Å². The molecule has 0 aromatic heterocycles. The molecule has 0 aliphatic heterocycles. The van der Waals surface area contributed by atoms with Gasteiger partial charge in [0.15, 0.2) is 0 Å². The fourth-order valence-corrected chi connectivity index (χ4v) is 1.02. The Kier molecular flexibility index (Phi) is 3.28. The van der Waals surface area contributed by atoms with Crippen LogP contribution in [-0.2, 0) is 0 Å². The lowest BCUT2D eigenvalue weighted by atomic mass is 10.1. The van der Waals surface area contributed by atoms with Crippen LogP contribution in [0.5, 0.6) is 0 Å². The third kappa shape index (κ3) is 3.13. The SMILES string of the molecule is CC(C)/C=C/c1cccc(C#N)c1. The van der Waals surface area contributed by atoms with E-state index in [-0.39, 0.29) is 0 Å². The lowest BCUT2D eigenvalue weighted by Gasteiger charge is -1.95. The van der Waals surface area contributed by atoms with Crippen LogP contribution in [0, 0.1) is 17.2 Å². The summed E-state index contributed by atoms with van der Waals surface area (Å²) in [7, 11) is 0. The van der Waals surface area contributed by atoms with Crippen LogP contribution in [0.1, 0.15) is 25.0 Å². The largest absolute Gasteiger partial charge is 0.192 e. The van der Waals surface area contributed by atoms with Gasteiger partial charge in [0, 0.05) is 0 Å². The molecular formula is C12H13N. The van der Waals surface area contributed by atoms with Crippen LogP contribution in [0.4, 0.5) is 0 Å². The summed E-state index contributed by atoms with van der Waals surface area (Å²) in [5, 5.41) is 8.67. The normalized spacial score (nSPS) is 10.6. The quantitative estimate of drug-likeness (QED) is 0.670. The number of allylic oxidation sites excluding steroid dienone is 1. The van der Waals surface area contributed by atoms with Crippen molar-refractivity contribution in [2.45, 2.75) is 13.8 Å². The van der Waals surface area contributed by atoms with E-state index < -0.39 is 0 Å². The van der Waals surface area contributed by atoms with Crippen molar-refractivity contribution in [2.75, 3.05) is 0 Å². The predicted octanol–water partition coefficient (Wildman–Crippen LogP) is 3.23. The van der Waals surface area contributed by atoms with Gasteiger partial charge in [-0.2, -0.15) is 5.26 Å². The van der Waals surface area contributed by atoms with Crippen molar-refractivity contribution in [3.8, 4) is 6.07 Å². The van der Waals surface area contributed by atoms with Crippen LogP contribution in [0.2, 0.25) is 0 Å². The minimum absolute atomic E-state index is 0.547. The Labute approximate surface area is 79.3 Å². The molecule has 1 heteroatoms. The molecule has 1 nitrogen and oxygen atoms in total. The summed E-state index contributed by atoms with van der Waals surface area (Å²) >= 11 is 0. The number of nitrogens with zero attached hydrogens (tertiary/aromatic N) is 1. The molecule has 0 bridgehead atoms. The molecule has 0 aliphatic rings. The lowest BCUT2D eigenvalue weighted by molar-refractivity contribution is 0.836. The molecule has 13 heavy (non-hydrogen) atoms. The van der Waals surface area contributed by atoms with Crippen LogP contribution in [0.3, 0.4) is 0 Å². The van der Waals surface area contributed by atoms with Gasteiger partial charge in [0.2, 0.25) is 0 Å². The molecular weight excluding hydrogens is 158 g/mol. The van der Waals surface area contributed by atoms with Crippen molar-refractivity contribution in [1.82, 2.24) is 0 Å². The molecule has 0 heterocycles. The smallest absolute Gasteiger partial charge is 0.0991 e. The highest BCUT2D eigenvalue weighted by molar-refractivity contribution is 5.52. The maximum atomic E-state index is 8.67. The molecule has 0 N–H and O–H groups in total. The summed E-state index contributed by atoms with van der Waals surface area (Å²) < 4.78 is 0. The second-order valence-corrected chi connectivity index (χ2v) is 3.34. The first-order valence-corrected chi connectivity index (χ1v) is 4.41. The van der Waals surface area contributed by atoms with E-state index in [0.29, 0.717) is 11.5 Å². The van der Waals surface area contributed by atoms with Crippen molar-refractivity contribution in [2.24, 2.45) is 5.92 Å². The molecule has 0 unspecified atom stereocenters. The fourth-order valence-electron chi connectivity index (χ4n) is 1.02. The van der Waals surface area contributed by atoms with Crippen molar-refractivity contribution in [3.05, 3.63) is 41.5 Å². The van der Waals surface area contributed by atoms with Crippen LogP contribution >= 0.6 is 0 Å². The van der Waals surface area contributed by atoms with E-state index in [2.05, 4.69) is 26.0 Å². The maximum absolute atomic E-state index is 8.67. The highest BCUT2D eigenvalue weighted by Gasteiger charge is 1.91. The topological polar surface area (TPSA) is 23.8 Å². The first-order valence-electron chi connectivity index (χ1n) is 4.41. The summed E-state index contributed by atoms with van der Waals surface area (Å²) in [6.07, 6.45) is 4.17. The monoisotopic (exact) mass is 171 g/mol. The van der Waals surface area contributed by atoms with E-state index in [1.807, 2.05) is 30.3 Å². The van der Waals surface area contributed by atoms with Gasteiger partial charge in [0.05, 0.1) is 11.6 Å². The average Bonchev–Trinajstić information content (AvgIpc) is 2.15. The summed E-state index contributed by atoms with van der Waals surface area (Å²) in [6, 6.07) is 9.72. The Bertz CT molecular complexity index is 342. The molecule has 0 saturated heterocycles. The summed E-state index contributed by atoms with van der Waals surface area (Å²) in [5.41, 5.74) is 1.80. The van der Waals surface area contributed by atoms with E-state index in [0.717, 1.165) is 5.56 Å². The maximum Gasteiger partial charge on any atom is 0.0991 e. The molecule has 1 rings (SSSR count). The van der Waals surface area contributed by atoms with E-state index in [4.69, 9.17) is 5.26 Å². The van der Waals surface area contributed by atoms with Crippen LogP contribution in [0.15, 0.2) is 30.3 Å². The molecule has 1 aromatic carbocycles. The fraction of sp³-hybridized carbons (Fsp3) is 0.250. The Hall–Kier alpha value is -1.55. The van der Waals surface area contributed by atoms with Gasteiger partial charge >= 0.3 is 0 Å². The Morgan fingerprint density at radius 1 is 1.38 bits per heavy atom. The molecule has 0 saturated carbocycles. The first kappa shape index (κ1) is 9.54. The summed E-state index contributed by atoms with van der Waals surface area (Å²) in [4.78, 5) is 0. The van der Waals surface area contributed by atoms with Gasteiger partial charge in [-0.15, -0.1) is 0 Å². The number of nitriles is 1. The molecule has 66 valence electrons. The van der Waals surface area contributed by atoms with Gasteiger partial charge in [-0.1, -0.05) is 38.1 Å². The zero-order valence-corrected chi connectivity index (χ0v) is 7.99. The minimum Gasteiger partial charge on any atom is -0.192 e. The molecule has 0 spiro atoms. The first-order chi connectivity index (χ1) is 6.22. The highest BCUT2D eigenvalue weighted by atomic mass is 14.2. The molecule has 0 aliphatic carbocycles. The van der Waals surface area contributed by atoms with Crippen molar-refractivity contribution in [1.29, 1.82) is 5.26 Å². The van der Waals surface area contributed by atoms with E-state index >= 15 is 0 Å². The van der Waals surface area contributed by atoms with Gasteiger partial charge in [-0.05, 0) is 23.6 Å². The lowest BCUT2D eigenvalue weighted by Crippen LogP contribution is -1.79. The Morgan fingerprint density at radius 3 is 2.77 bits per heavy atom. The summed E-state index contributed by atoms with van der Waals surface area (Å²) in [5.74, 6) is 0.547. The van der Waals surface area contributed by atoms with Crippen molar-refractivity contribution >= 4 is 6.08 Å². The van der Waals surface area contributed by atoms with Gasteiger partial charge < -0.3 is 0 Å². The molecule has 0 amide bonds. The van der Waals surface area contributed by atoms with Crippen LogP contribution in [0.25, 0.3) is 6.08 Å². The number of hydrogen-bond acceptors (Lipinski definition) is 1. The molecule has 0 fully saturated rings. The third-order valence-electron chi connectivity index (χ3n) is 1.69. The second-order valence-electron chi connectivity index (χ2n) is 3.34. The van der Waals surface area contributed by atoms with Crippen molar-refractivity contribution in [3.63, 3.8) is 0 Å². The zero-order chi connectivity index (χ0) is 9.68. The van der Waals surface area contributed by atoms with E-state index in [1.165, 1.54) is 0 Å². The third-order valence-corrected chi connectivity index (χ3v) is 1.69. The Morgan fingerprint density at radius 2 is 2.15 bits per heavy atom. The van der Waals surface area contributed by atoms with Gasteiger partial charge in [0.25, 0.3) is 0 Å². The molecule has 0 atom stereocenters. The van der Waals surface area contributed by atoms with Gasteiger partial charge in [0.1, 0.15) is 0 Å². The number of benzene rings is 1. The molecule has 1 aromatic rings. The van der Waals surface area contributed by atoms with Gasteiger partial charge in [-0.3, -0.25) is 0 Å². The van der Waals surface area contributed by atoms with Crippen LogP contribution < -0.4 is 0 Å². The second kappa shape index (κ2) is 4.47. The average molecular weight is 171 g/mol. The number of hydrogen-bond donors (Lipinski definition) is 0. The highest BCUT2D eigenvalue weighted by Crippen LogP contribution is 2.07. The standard InChI is InChI=1S/C12H13N/c1-10(2)6-7-11-4-3-5-12(8-11)9-13/h3-8,10H,1-2H3/b7-6+. The summed E-state index contributed by atoms with van der Waals surface area (Å²) in [6.45, 7) is 4.26. The van der Waals surface area contributed by atoms with Crippen LogP contribution in [-0.4, -0.2) is 0 Å². The number of rotatable bonds is 2. The van der Waals surface area contributed by atoms with Crippen molar-refractivity contribution < 1.29 is 0 Å². The predicted molar refractivity (Wildman–Crippen MR) is 55.0 cm³/mol. The molecule has 0 radical (unpaired) electrons. The zero-order valence-electron chi connectivity index (χ0n) is 7.99. The minimum atomic E-state index is 0.547. The van der Waals surface area contributed by atoms with E-state index in [1.54, 1.807) is 0 Å².